The molecular weight excluding hydrogens is 412 g/mol. The van der Waals surface area contributed by atoms with Crippen LogP contribution in [0.3, 0.4) is 0 Å². The van der Waals surface area contributed by atoms with Gasteiger partial charge in [-0.15, -0.1) is 13.2 Å². The summed E-state index contributed by atoms with van der Waals surface area (Å²) < 4.78 is 11.0. The summed E-state index contributed by atoms with van der Waals surface area (Å²) in [7, 11) is 3.23. The smallest absolute Gasteiger partial charge is 0.253 e. The molecular formula is C28H36N2O3. The van der Waals surface area contributed by atoms with Crippen molar-refractivity contribution in [3.8, 4) is 22.6 Å². The first-order valence-corrected chi connectivity index (χ1v) is 11.7. The Morgan fingerprint density at radius 3 is 2.52 bits per heavy atom. The maximum Gasteiger partial charge on any atom is 0.253 e. The number of para-hydroxylation sites is 1. The Labute approximate surface area is 197 Å². The number of allylic oxidation sites excluding steroid dienone is 4. The number of aromatic nitrogens is 1. The minimum Gasteiger partial charge on any atom is -0.493 e. The number of carbonyl (C=O) groups is 1. The van der Waals surface area contributed by atoms with E-state index >= 15 is 0 Å². The Hall–Kier alpha value is -3.21. The summed E-state index contributed by atoms with van der Waals surface area (Å²) in [6.07, 6.45) is 17.7. The second-order valence-electron chi connectivity index (χ2n) is 8.44. The molecule has 1 amide bonds. The van der Waals surface area contributed by atoms with Crippen LogP contribution in [0, 0.1) is 11.8 Å². The molecule has 2 aliphatic carbocycles. The number of rotatable bonds is 7. The minimum absolute atomic E-state index is 0.0545. The molecule has 5 heteroatoms. The van der Waals surface area contributed by atoms with E-state index in [2.05, 4.69) is 41.7 Å². The minimum atomic E-state index is -0.0545. The highest BCUT2D eigenvalue weighted by molar-refractivity contribution is 6.01. The molecule has 33 heavy (non-hydrogen) atoms. The Balaban J connectivity index is 0.00000149. The van der Waals surface area contributed by atoms with Gasteiger partial charge in [-0.1, -0.05) is 30.4 Å². The third-order valence-electron chi connectivity index (χ3n) is 6.58. The Morgan fingerprint density at radius 1 is 1.06 bits per heavy atom. The number of methoxy groups -OCH3 is 2. The number of amides is 1. The lowest BCUT2D eigenvalue weighted by Gasteiger charge is -2.30. The van der Waals surface area contributed by atoms with Gasteiger partial charge in [-0.3, -0.25) is 4.79 Å². The van der Waals surface area contributed by atoms with Crippen LogP contribution in [-0.4, -0.2) is 31.7 Å². The van der Waals surface area contributed by atoms with Crippen LogP contribution in [0.2, 0.25) is 0 Å². The molecule has 1 aromatic heterocycles. The van der Waals surface area contributed by atoms with E-state index < -0.39 is 0 Å². The van der Waals surface area contributed by atoms with Gasteiger partial charge in [0.15, 0.2) is 11.5 Å². The number of hydrogen-bond acceptors (Lipinski definition) is 3. The molecule has 0 bridgehead atoms. The summed E-state index contributed by atoms with van der Waals surface area (Å²) in [6, 6.07) is 5.70. The van der Waals surface area contributed by atoms with Gasteiger partial charge in [-0.25, -0.2) is 0 Å². The predicted octanol–water partition coefficient (Wildman–Crippen LogP) is 6.31. The largest absolute Gasteiger partial charge is 0.493 e. The van der Waals surface area contributed by atoms with Crippen molar-refractivity contribution >= 4 is 5.91 Å². The molecule has 1 saturated carbocycles. The zero-order chi connectivity index (χ0) is 23.6. The van der Waals surface area contributed by atoms with Gasteiger partial charge in [0.1, 0.15) is 0 Å². The number of nitrogens with one attached hydrogen (secondary N) is 2. The first-order chi connectivity index (χ1) is 16.2. The zero-order valence-electron chi connectivity index (χ0n) is 19.9. The Kier molecular flexibility index (Phi) is 8.99. The van der Waals surface area contributed by atoms with Gasteiger partial charge in [0, 0.05) is 30.1 Å². The number of H-pyrrole nitrogens is 1. The monoisotopic (exact) mass is 448 g/mol. The van der Waals surface area contributed by atoms with Crippen molar-refractivity contribution < 1.29 is 14.3 Å². The molecule has 176 valence electrons. The van der Waals surface area contributed by atoms with E-state index in [9.17, 15) is 4.79 Å². The summed E-state index contributed by atoms with van der Waals surface area (Å²) >= 11 is 0. The van der Waals surface area contributed by atoms with Crippen LogP contribution in [0.1, 0.15) is 48.9 Å². The SMILES string of the molecule is C=C.COc1cccc(-c2c[nH]cc2C(=O)NCC2CCC(C3=CCCC=C3)CC2)c1OC. The molecule has 1 fully saturated rings. The van der Waals surface area contributed by atoms with E-state index in [0.29, 0.717) is 28.9 Å². The Morgan fingerprint density at radius 2 is 1.85 bits per heavy atom. The molecule has 0 atom stereocenters. The molecule has 0 unspecified atom stereocenters. The lowest BCUT2D eigenvalue weighted by atomic mass is 9.77. The fraction of sp³-hybridized carbons (Fsp3) is 0.393. The summed E-state index contributed by atoms with van der Waals surface area (Å²) in [5.74, 6) is 2.46. The van der Waals surface area contributed by atoms with E-state index in [1.807, 2.05) is 24.4 Å². The lowest BCUT2D eigenvalue weighted by molar-refractivity contribution is 0.0943. The fourth-order valence-corrected chi connectivity index (χ4v) is 4.84. The maximum atomic E-state index is 13.0. The molecule has 1 heterocycles. The lowest BCUT2D eigenvalue weighted by Crippen LogP contribution is -2.31. The molecule has 0 aliphatic heterocycles. The van der Waals surface area contributed by atoms with Gasteiger partial charge in [-0.2, -0.15) is 0 Å². The second kappa shape index (κ2) is 12.1. The molecule has 2 aliphatic rings. The molecule has 5 nitrogen and oxygen atoms in total. The van der Waals surface area contributed by atoms with Crippen LogP contribution in [0.15, 0.2) is 67.6 Å². The van der Waals surface area contributed by atoms with E-state index in [4.69, 9.17) is 9.47 Å². The van der Waals surface area contributed by atoms with Gasteiger partial charge >= 0.3 is 0 Å². The third-order valence-corrected chi connectivity index (χ3v) is 6.58. The zero-order valence-corrected chi connectivity index (χ0v) is 19.9. The average Bonchev–Trinajstić information content (AvgIpc) is 3.38. The molecule has 1 aromatic carbocycles. The molecule has 2 aromatic rings. The van der Waals surface area contributed by atoms with Crippen molar-refractivity contribution in [1.82, 2.24) is 10.3 Å². The molecule has 0 saturated heterocycles. The van der Waals surface area contributed by atoms with E-state index in [0.717, 1.165) is 17.7 Å². The van der Waals surface area contributed by atoms with E-state index in [1.54, 1.807) is 20.4 Å². The first-order valence-electron chi connectivity index (χ1n) is 11.7. The quantitative estimate of drug-likeness (QED) is 0.488. The number of benzene rings is 1. The van der Waals surface area contributed by atoms with Crippen molar-refractivity contribution in [3.05, 3.63) is 73.1 Å². The van der Waals surface area contributed by atoms with Gasteiger partial charge in [-0.05, 0) is 62.0 Å². The number of carbonyl (C=O) groups excluding carboxylic acids is 1. The van der Waals surface area contributed by atoms with Crippen molar-refractivity contribution in [2.45, 2.75) is 38.5 Å². The third kappa shape index (κ3) is 5.78. The van der Waals surface area contributed by atoms with Gasteiger partial charge < -0.3 is 19.8 Å². The standard InChI is InChI=1S/C26H32N2O3.C2H4/c1-30-24-10-6-9-21(25(24)31-2)22-16-27-17-23(22)26(29)28-15-18-11-13-20(14-12-18)19-7-4-3-5-8-19;1-2/h4,6-10,16-18,20,27H,3,5,11-15H2,1-2H3,(H,28,29);1-2H2. The van der Waals surface area contributed by atoms with Crippen LogP contribution < -0.4 is 14.8 Å². The van der Waals surface area contributed by atoms with Gasteiger partial charge in [0.2, 0.25) is 0 Å². The number of hydrogen-bond donors (Lipinski definition) is 2. The summed E-state index contributed by atoms with van der Waals surface area (Å²) in [5, 5.41) is 3.17. The molecule has 0 spiro atoms. The van der Waals surface area contributed by atoms with Crippen molar-refractivity contribution in [2.75, 3.05) is 20.8 Å². The molecule has 2 N–H and O–H groups in total. The van der Waals surface area contributed by atoms with Crippen molar-refractivity contribution in [3.63, 3.8) is 0 Å². The predicted molar refractivity (Wildman–Crippen MR) is 135 cm³/mol. The summed E-state index contributed by atoms with van der Waals surface area (Å²) in [6.45, 7) is 6.72. The number of aromatic amines is 1. The fourth-order valence-electron chi connectivity index (χ4n) is 4.84. The highest BCUT2D eigenvalue weighted by Gasteiger charge is 2.25. The van der Waals surface area contributed by atoms with E-state index in [-0.39, 0.29) is 5.91 Å². The van der Waals surface area contributed by atoms with Crippen LogP contribution in [0.25, 0.3) is 11.1 Å². The van der Waals surface area contributed by atoms with Gasteiger partial charge in [0.25, 0.3) is 5.91 Å². The summed E-state index contributed by atoms with van der Waals surface area (Å²) in [5.41, 5.74) is 3.80. The van der Waals surface area contributed by atoms with Crippen LogP contribution in [-0.2, 0) is 0 Å². The first kappa shape index (κ1) is 24.4. The molecule has 4 rings (SSSR count). The highest BCUT2D eigenvalue weighted by atomic mass is 16.5. The van der Waals surface area contributed by atoms with Gasteiger partial charge in [0.05, 0.1) is 19.8 Å². The van der Waals surface area contributed by atoms with Crippen molar-refractivity contribution in [1.29, 1.82) is 0 Å². The topological polar surface area (TPSA) is 63.4 Å². The molecule has 0 radical (unpaired) electrons. The highest BCUT2D eigenvalue weighted by Crippen LogP contribution is 2.39. The van der Waals surface area contributed by atoms with Crippen molar-refractivity contribution in [2.24, 2.45) is 11.8 Å². The van der Waals surface area contributed by atoms with Crippen LogP contribution in [0.5, 0.6) is 11.5 Å². The maximum absolute atomic E-state index is 13.0. The summed E-state index contributed by atoms with van der Waals surface area (Å²) in [4.78, 5) is 16.1. The van der Waals surface area contributed by atoms with Crippen LogP contribution in [0.4, 0.5) is 0 Å². The average molecular weight is 449 g/mol. The Bertz CT molecular complexity index is 981. The van der Waals surface area contributed by atoms with E-state index in [1.165, 1.54) is 44.1 Å². The van der Waals surface area contributed by atoms with Crippen LogP contribution >= 0.6 is 0 Å². The number of ether oxygens (including phenoxy) is 2. The normalized spacial score (nSPS) is 19.6. The second-order valence-corrected chi connectivity index (χ2v) is 8.44.